The van der Waals surface area contributed by atoms with Gasteiger partial charge >= 0.3 is 0 Å². The van der Waals surface area contributed by atoms with Crippen molar-refractivity contribution < 1.29 is 14.7 Å². The molecule has 146 valence electrons. The molecule has 1 aliphatic rings. The first-order chi connectivity index (χ1) is 13.9. The first kappa shape index (κ1) is 20.1. The van der Waals surface area contributed by atoms with Crippen molar-refractivity contribution in [3.8, 4) is 11.1 Å². The maximum Gasteiger partial charge on any atom is 0.300 e. The third kappa shape index (κ3) is 4.61. The van der Waals surface area contributed by atoms with E-state index in [9.17, 15) is 9.59 Å². The number of ketones is 1. The predicted molar refractivity (Wildman–Crippen MR) is 113 cm³/mol. The average molecular weight is 407 g/mol. The number of carboxylic acids is 1. The first-order valence-electron chi connectivity index (χ1n) is 8.61. The summed E-state index contributed by atoms with van der Waals surface area (Å²) in [5.74, 6) is -0.425. The van der Waals surface area contributed by atoms with Crippen molar-refractivity contribution in [1.29, 1.82) is 0 Å². The summed E-state index contributed by atoms with van der Waals surface area (Å²) in [6, 6.07) is 9.75. The van der Waals surface area contributed by atoms with Crippen molar-refractivity contribution in [2.24, 2.45) is 5.10 Å². The van der Waals surface area contributed by atoms with E-state index >= 15 is 0 Å². The van der Waals surface area contributed by atoms with Gasteiger partial charge in [-0.15, -0.1) is 11.3 Å². The first-order valence-corrected chi connectivity index (χ1v) is 9.49. The zero-order chi connectivity index (χ0) is 21.0. The van der Waals surface area contributed by atoms with Gasteiger partial charge in [0.15, 0.2) is 5.78 Å². The number of allylic oxidation sites excluding steroid dienone is 4. The highest BCUT2D eigenvalue weighted by atomic mass is 32.1. The van der Waals surface area contributed by atoms with Crippen molar-refractivity contribution >= 4 is 39.0 Å². The normalized spacial score (nSPS) is 12.6. The van der Waals surface area contributed by atoms with Gasteiger partial charge < -0.3 is 5.11 Å². The maximum atomic E-state index is 13.0. The Kier molecular flexibility index (Phi) is 5.94. The highest BCUT2D eigenvalue weighted by Crippen LogP contribution is 2.30. The molecule has 4 rings (SSSR count). The number of aliphatic carboxylic acids is 1. The lowest BCUT2D eigenvalue weighted by Crippen LogP contribution is -2.21. The van der Waals surface area contributed by atoms with Crippen LogP contribution in [0.25, 0.3) is 21.3 Å². The molecule has 7 nitrogen and oxygen atoms in total. The van der Waals surface area contributed by atoms with Crippen LogP contribution in [0.3, 0.4) is 0 Å². The zero-order valence-electron chi connectivity index (χ0n) is 15.7. The SMILES string of the molecule is CC(=O)O.Cc1nc2scc(-c3ccccc3)c2c(=O)n1N=C1C=CC(=O)C=C1. The topological polar surface area (TPSA) is 102 Å². The fraction of sp³-hybridized carbons (Fsp3) is 0.0952. The van der Waals surface area contributed by atoms with Gasteiger partial charge in [-0.25, -0.2) is 4.98 Å². The van der Waals surface area contributed by atoms with E-state index in [4.69, 9.17) is 9.90 Å². The number of fused-ring (bicyclic) bond motifs is 1. The van der Waals surface area contributed by atoms with E-state index in [1.165, 1.54) is 28.2 Å². The van der Waals surface area contributed by atoms with Crippen LogP contribution in [0.15, 0.2) is 69.9 Å². The minimum absolute atomic E-state index is 0.0965. The number of thiophene rings is 1. The molecule has 0 saturated heterocycles. The van der Waals surface area contributed by atoms with Gasteiger partial charge in [0, 0.05) is 17.9 Å². The molecular formula is C21H17N3O4S. The molecule has 0 spiro atoms. The summed E-state index contributed by atoms with van der Waals surface area (Å²) in [5, 5.41) is 14.3. The molecule has 0 fully saturated rings. The van der Waals surface area contributed by atoms with Gasteiger partial charge in [-0.2, -0.15) is 9.78 Å². The lowest BCUT2D eigenvalue weighted by molar-refractivity contribution is -0.134. The Hall–Kier alpha value is -3.65. The Labute approximate surface area is 170 Å². The highest BCUT2D eigenvalue weighted by Gasteiger charge is 2.15. The number of benzene rings is 1. The third-order valence-electron chi connectivity index (χ3n) is 3.88. The smallest absolute Gasteiger partial charge is 0.300 e. The monoisotopic (exact) mass is 407 g/mol. The molecule has 2 heterocycles. The summed E-state index contributed by atoms with van der Waals surface area (Å²) >= 11 is 1.45. The van der Waals surface area contributed by atoms with E-state index in [0.717, 1.165) is 18.1 Å². The van der Waals surface area contributed by atoms with Crippen LogP contribution < -0.4 is 5.56 Å². The number of rotatable bonds is 2. The molecule has 2 aromatic heterocycles. The van der Waals surface area contributed by atoms with Gasteiger partial charge in [-0.05, 0) is 36.8 Å². The predicted octanol–water partition coefficient (Wildman–Crippen LogP) is 3.42. The van der Waals surface area contributed by atoms with Crippen molar-refractivity contribution in [2.45, 2.75) is 13.8 Å². The number of aromatic nitrogens is 2. The summed E-state index contributed by atoms with van der Waals surface area (Å²) in [7, 11) is 0. The molecule has 1 aromatic carbocycles. The van der Waals surface area contributed by atoms with E-state index in [2.05, 4.69) is 10.1 Å². The van der Waals surface area contributed by atoms with E-state index in [1.807, 2.05) is 35.7 Å². The van der Waals surface area contributed by atoms with E-state index < -0.39 is 5.97 Å². The Bertz CT molecular complexity index is 1210. The van der Waals surface area contributed by atoms with Crippen molar-refractivity contribution in [2.75, 3.05) is 0 Å². The molecule has 0 radical (unpaired) electrons. The van der Waals surface area contributed by atoms with Crippen molar-refractivity contribution in [1.82, 2.24) is 9.66 Å². The zero-order valence-corrected chi connectivity index (χ0v) is 16.5. The molecule has 8 heteroatoms. The van der Waals surface area contributed by atoms with Crippen LogP contribution in [0.5, 0.6) is 0 Å². The summed E-state index contributed by atoms with van der Waals surface area (Å²) in [6.07, 6.45) is 6.02. The average Bonchev–Trinajstić information content (AvgIpc) is 3.11. The molecule has 0 aliphatic heterocycles. The van der Waals surface area contributed by atoms with Crippen LogP contribution in [0.1, 0.15) is 12.7 Å². The minimum Gasteiger partial charge on any atom is -0.481 e. The van der Waals surface area contributed by atoms with Crippen LogP contribution in [0, 0.1) is 6.92 Å². The highest BCUT2D eigenvalue weighted by molar-refractivity contribution is 7.17. The number of nitrogens with zero attached hydrogens (tertiary/aromatic N) is 3. The van der Waals surface area contributed by atoms with Gasteiger partial charge in [-0.3, -0.25) is 14.4 Å². The van der Waals surface area contributed by atoms with Gasteiger partial charge in [-0.1, -0.05) is 30.3 Å². The summed E-state index contributed by atoms with van der Waals surface area (Å²) in [4.78, 5) is 38.5. The van der Waals surface area contributed by atoms with Crippen molar-refractivity contribution in [3.63, 3.8) is 0 Å². The van der Waals surface area contributed by atoms with E-state index in [1.54, 1.807) is 19.1 Å². The molecule has 0 atom stereocenters. The summed E-state index contributed by atoms with van der Waals surface area (Å²) in [6.45, 7) is 2.83. The van der Waals surface area contributed by atoms with Crippen molar-refractivity contribution in [3.05, 3.63) is 76.2 Å². The molecule has 0 amide bonds. The Morgan fingerprint density at radius 2 is 1.72 bits per heavy atom. The van der Waals surface area contributed by atoms with Crippen LogP contribution in [-0.2, 0) is 9.59 Å². The van der Waals surface area contributed by atoms with Crippen LogP contribution in [0.4, 0.5) is 0 Å². The lowest BCUT2D eigenvalue weighted by Gasteiger charge is -2.06. The molecular weight excluding hydrogens is 390 g/mol. The fourth-order valence-corrected chi connectivity index (χ4v) is 3.64. The van der Waals surface area contributed by atoms with Crippen LogP contribution in [-0.4, -0.2) is 32.2 Å². The largest absolute Gasteiger partial charge is 0.481 e. The van der Waals surface area contributed by atoms with Gasteiger partial charge in [0.05, 0.1) is 11.1 Å². The van der Waals surface area contributed by atoms with E-state index in [0.29, 0.717) is 21.8 Å². The number of carbonyl (C=O) groups excluding carboxylic acids is 1. The van der Waals surface area contributed by atoms with Crippen LogP contribution >= 0.6 is 11.3 Å². The second kappa shape index (κ2) is 8.57. The molecule has 0 unspecified atom stereocenters. The minimum atomic E-state index is -0.833. The maximum absolute atomic E-state index is 13.0. The second-order valence-electron chi connectivity index (χ2n) is 6.08. The molecule has 3 aromatic rings. The van der Waals surface area contributed by atoms with Crippen LogP contribution in [0.2, 0.25) is 0 Å². The Morgan fingerprint density at radius 1 is 1.10 bits per heavy atom. The lowest BCUT2D eigenvalue weighted by atomic mass is 10.1. The fourth-order valence-electron chi connectivity index (χ4n) is 2.66. The number of hydrogen-bond acceptors (Lipinski definition) is 6. The number of hydrogen-bond donors (Lipinski definition) is 1. The molecule has 1 aliphatic carbocycles. The molecule has 0 bridgehead atoms. The Morgan fingerprint density at radius 3 is 2.34 bits per heavy atom. The third-order valence-corrected chi connectivity index (χ3v) is 4.76. The molecule has 1 N–H and O–H groups in total. The summed E-state index contributed by atoms with van der Waals surface area (Å²) in [5.41, 5.74) is 2.15. The second-order valence-corrected chi connectivity index (χ2v) is 6.94. The van der Waals surface area contributed by atoms with Gasteiger partial charge in [0.2, 0.25) is 0 Å². The molecule has 29 heavy (non-hydrogen) atoms. The van der Waals surface area contributed by atoms with Gasteiger partial charge in [0.1, 0.15) is 10.7 Å². The standard InChI is InChI=1S/C19H13N3O2S.C2H4O2/c1-12-20-18-17(16(11-25-18)13-5-3-2-4-6-13)19(24)22(12)21-14-7-9-15(23)10-8-14;1-2(3)4/h2-11H,1H3;1H3,(H,3,4). The number of carboxylic acid groups (broad SMARTS) is 1. The number of carbonyl (C=O) groups is 2. The molecule has 0 saturated carbocycles. The summed E-state index contributed by atoms with van der Waals surface area (Å²) < 4.78 is 1.29. The van der Waals surface area contributed by atoms with E-state index in [-0.39, 0.29) is 11.3 Å². The Balaban J connectivity index is 0.000000552. The quantitative estimate of drug-likeness (QED) is 0.656. The number of aryl methyl sites for hydroxylation is 1. The van der Waals surface area contributed by atoms with Gasteiger partial charge in [0.25, 0.3) is 11.5 Å².